The van der Waals surface area contributed by atoms with E-state index in [1.54, 1.807) is 6.92 Å². The first-order chi connectivity index (χ1) is 8.13. The van der Waals surface area contributed by atoms with Crippen molar-refractivity contribution in [3.05, 3.63) is 11.5 Å². The lowest BCUT2D eigenvalue weighted by Gasteiger charge is -2.17. The fourth-order valence-electron chi connectivity index (χ4n) is 2.54. The number of aryl methyl sites for hydroxylation is 2. The number of carbonyl (C=O) groups is 1. The summed E-state index contributed by atoms with van der Waals surface area (Å²) < 4.78 is 5.02. The Bertz CT molecular complexity index is 400. The van der Waals surface area contributed by atoms with E-state index in [4.69, 9.17) is 10.3 Å². The molecular formula is C12H20ClN3O2. The first-order valence-corrected chi connectivity index (χ1v) is 6.07. The third-order valence-corrected chi connectivity index (χ3v) is 3.58. The van der Waals surface area contributed by atoms with E-state index in [0.29, 0.717) is 23.9 Å². The molecule has 2 rings (SSSR count). The minimum Gasteiger partial charge on any atom is -0.359 e. The van der Waals surface area contributed by atoms with Crippen molar-refractivity contribution in [1.82, 2.24) is 5.16 Å². The van der Waals surface area contributed by atoms with E-state index in [2.05, 4.69) is 10.5 Å². The Morgan fingerprint density at radius 2 is 2.22 bits per heavy atom. The van der Waals surface area contributed by atoms with Gasteiger partial charge in [0.1, 0.15) is 11.4 Å². The van der Waals surface area contributed by atoms with Gasteiger partial charge in [-0.15, -0.1) is 12.4 Å². The summed E-state index contributed by atoms with van der Waals surface area (Å²) in [5.74, 6) is 1.05. The Hall–Kier alpha value is -1.07. The molecule has 102 valence electrons. The third kappa shape index (κ3) is 2.84. The van der Waals surface area contributed by atoms with Gasteiger partial charge in [0.2, 0.25) is 5.91 Å². The van der Waals surface area contributed by atoms with Crippen LogP contribution in [0, 0.1) is 25.7 Å². The zero-order valence-electron chi connectivity index (χ0n) is 10.7. The van der Waals surface area contributed by atoms with Gasteiger partial charge in [0, 0.05) is 5.92 Å². The van der Waals surface area contributed by atoms with E-state index >= 15 is 0 Å². The molecule has 2 atom stereocenters. The smallest absolute Gasteiger partial charge is 0.227 e. The lowest BCUT2D eigenvalue weighted by molar-refractivity contribution is -0.120. The van der Waals surface area contributed by atoms with Gasteiger partial charge in [0.25, 0.3) is 0 Å². The molecule has 0 aliphatic heterocycles. The van der Waals surface area contributed by atoms with Gasteiger partial charge >= 0.3 is 0 Å². The first kappa shape index (κ1) is 15.0. The number of amides is 1. The molecule has 0 radical (unpaired) electrons. The Labute approximate surface area is 113 Å². The molecule has 6 heteroatoms. The monoisotopic (exact) mass is 273 g/mol. The average molecular weight is 274 g/mol. The van der Waals surface area contributed by atoms with Crippen LogP contribution in [0.2, 0.25) is 0 Å². The van der Waals surface area contributed by atoms with Crippen LogP contribution < -0.4 is 11.1 Å². The number of hydrogen-bond donors (Lipinski definition) is 2. The molecule has 0 unspecified atom stereocenters. The highest BCUT2D eigenvalue weighted by atomic mass is 35.5. The molecule has 0 bridgehead atoms. The van der Waals surface area contributed by atoms with Crippen molar-refractivity contribution in [1.29, 1.82) is 0 Å². The Kier molecular flexibility index (Phi) is 5.16. The van der Waals surface area contributed by atoms with Crippen LogP contribution in [0.5, 0.6) is 0 Å². The highest BCUT2D eigenvalue weighted by Gasteiger charge is 2.32. The molecule has 5 nitrogen and oxygen atoms in total. The minimum atomic E-state index is 0. The number of nitrogens with one attached hydrogen (secondary N) is 1. The molecule has 1 aliphatic rings. The van der Waals surface area contributed by atoms with Crippen LogP contribution in [0.3, 0.4) is 0 Å². The summed E-state index contributed by atoms with van der Waals surface area (Å²) in [6.07, 6.45) is 3.06. The van der Waals surface area contributed by atoms with Gasteiger partial charge in [-0.2, -0.15) is 0 Å². The number of carbonyl (C=O) groups excluding carboxylic acids is 1. The zero-order chi connectivity index (χ0) is 12.4. The van der Waals surface area contributed by atoms with Gasteiger partial charge in [-0.3, -0.25) is 4.79 Å². The Morgan fingerprint density at radius 1 is 1.50 bits per heavy atom. The van der Waals surface area contributed by atoms with E-state index < -0.39 is 0 Å². The largest absolute Gasteiger partial charge is 0.359 e. The summed E-state index contributed by atoms with van der Waals surface area (Å²) in [5.41, 5.74) is 7.11. The van der Waals surface area contributed by atoms with Crippen LogP contribution in [0.15, 0.2) is 4.52 Å². The number of nitrogens with zero attached hydrogens (tertiary/aromatic N) is 1. The summed E-state index contributed by atoms with van der Waals surface area (Å²) in [4.78, 5) is 12.2. The second-order valence-electron chi connectivity index (χ2n) is 4.72. The second kappa shape index (κ2) is 6.20. The number of halogens is 1. The normalized spacial score (nSPS) is 22.6. The molecular weight excluding hydrogens is 254 g/mol. The molecule has 1 aliphatic carbocycles. The van der Waals surface area contributed by atoms with Gasteiger partial charge in [-0.05, 0) is 39.2 Å². The SMILES string of the molecule is Cc1noc(C)c1NC(=O)[C@@H]1CCC[C@@H]1CN.Cl. The lowest BCUT2D eigenvalue weighted by Crippen LogP contribution is -2.30. The van der Waals surface area contributed by atoms with Gasteiger partial charge < -0.3 is 15.6 Å². The molecule has 1 fully saturated rings. The Balaban J connectivity index is 0.00000162. The van der Waals surface area contributed by atoms with Gasteiger partial charge in [-0.1, -0.05) is 11.6 Å². The standard InChI is InChI=1S/C12H19N3O2.ClH/c1-7-11(8(2)17-15-7)14-12(16)10-5-3-4-9(10)6-13;/h9-10H,3-6,13H2,1-2H3,(H,14,16);1H/t9-,10-;/m1./s1. The van der Waals surface area contributed by atoms with E-state index in [0.717, 1.165) is 25.0 Å². The average Bonchev–Trinajstić information content (AvgIpc) is 2.90. The minimum absolute atomic E-state index is 0. The van der Waals surface area contributed by atoms with Crippen molar-refractivity contribution >= 4 is 24.0 Å². The maximum absolute atomic E-state index is 12.2. The predicted molar refractivity (Wildman–Crippen MR) is 71.7 cm³/mol. The number of nitrogens with two attached hydrogens (primary N) is 1. The van der Waals surface area contributed by atoms with Crippen molar-refractivity contribution in [3.8, 4) is 0 Å². The van der Waals surface area contributed by atoms with Crippen LogP contribution in [-0.4, -0.2) is 17.6 Å². The molecule has 1 aromatic rings. The molecule has 0 spiro atoms. The number of anilines is 1. The van der Waals surface area contributed by atoms with Crippen molar-refractivity contribution in [2.45, 2.75) is 33.1 Å². The van der Waals surface area contributed by atoms with Crippen LogP contribution in [0.25, 0.3) is 0 Å². The maximum Gasteiger partial charge on any atom is 0.227 e. The van der Waals surface area contributed by atoms with Crippen LogP contribution in [-0.2, 0) is 4.79 Å². The number of aromatic nitrogens is 1. The van der Waals surface area contributed by atoms with E-state index in [9.17, 15) is 4.79 Å². The molecule has 0 saturated heterocycles. The van der Waals surface area contributed by atoms with Crippen LogP contribution >= 0.6 is 12.4 Å². The Morgan fingerprint density at radius 3 is 2.78 bits per heavy atom. The molecule has 1 heterocycles. The summed E-state index contributed by atoms with van der Waals surface area (Å²) in [6.45, 7) is 4.20. The fraction of sp³-hybridized carbons (Fsp3) is 0.667. The van der Waals surface area contributed by atoms with Gasteiger partial charge in [-0.25, -0.2) is 0 Å². The summed E-state index contributed by atoms with van der Waals surface area (Å²) >= 11 is 0. The van der Waals surface area contributed by atoms with E-state index in [1.165, 1.54) is 0 Å². The summed E-state index contributed by atoms with van der Waals surface area (Å²) in [5, 5.41) is 6.73. The van der Waals surface area contributed by atoms with Crippen LogP contribution in [0.4, 0.5) is 5.69 Å². The fourth-order valence-corrected chi connectivity index (χ4v) is 2.54. The predicted octanol–water partition coefficient (Wildman–Crippen LogP) is 2.03. The first-order valence-electron chi connectivity index (χ1n) is 6.07. The van der Waals surface area contributed by atoms with Crippen molar-refractivity contribution < 1.29 is 9.32 Å². The molecule has 1 amide bonds. The number of rotatable bonds is 3. The van der Waals surface area contributed by atoms with Gasteiger partial charge in [0.15, 0.2) is 5.76 Å². The molecule has 3 N–H and O–H groups in total. The molecule has 1 aromatic heterocycles. The lowest BCUT2D eigenvalue weighted by atomic mass is 9.95. The van der Waals surface area contributed by atoms with Crippen molar-refractivity contribution in [3.63, 3.8) is 0 Å². The van der Waals surface area contributed by atoms with Gasteiger partial charge in [0.05, 0.1) is 0 Å². The highest BCUT2D eigenvalue weighted by Crippen LogP contribution is 2.32. The zero-order valence-corrected chi connectivity index (χ0v) is 11.5. The second-order valence-corrected chi connectivity index (χ2v) is 4.72. The highest BCUT2D eigenvalue weighted by molar-refractivity contribution is 5.93. The van der Waals surface area contributed by atoms with E-state index in [-0.39, 0.29) is 24.2 Å². The van der Waals surface area contributed by atoms with Crippen molar-refractivity contribution in [2.75, 3.05) is 11.9 Å². The van der Waals surface area contributed by atoms with Crippen molar-refractivity contribution in [2.24, 2.45) is 17.6 Å². The summed E-state index contributed by atoms with van der Waals surface area (Å²) in [7, 11) is 0. The topological polar surface area (TPSA) is 81.2 Å². The molecule has 1 saturated carbocycles. The van der Waals surface area contributed by atoms with E-state index in [1.807, 2.05) is 6.92 Å². The molecule has 18 heavy (non-hydrogen) atoms. The summed E-state index contributed by atoms with van der Waals surface area (Å²) in [6, 6.07) is 0. The molecule has 0 aromatic carbocycles. The van der Waals surface area contributed by atoms with Crippen LogP contribution in [0.1, 0.15) is 30.7 Å². The third-order valence-electron chi connectivity index (χ3n) is 3.58. The quantitative estimate of drug-likeness (QED) is 0.883. The maximum atomic E-state index is 12.2. The number of hydrogen-bond acceptors (Lipinski definition) is 4.